The van der Waals surface area contributed by atoms with Gasteiger partial charge in [-0.3, -0.25) is 9.78 Å². The van der Waals surface area contributed by atoms with Gasteiger partial charge < -0.3 is 29.2 Å². The molecule has 0 saturated heterocycles. The predicted molar refractivity (Wildman–Crippen MR) is 174 cm³/mol. The van der Waals surface area contributed by atoms with E-state index in [1.807, 2.05) is 36.1 Å². The number of alkyl carbamates (subject to hydrolysis) is 1. The fourth-order valence-electron chi connectivity index (χ4n) is 7.00. The molecule has 6 rings (SSSR count). The van der Waals surface area contributed by atoms with E-state index in [0.717, 1.165) is 78.5 Å². The zero-order valence-electron chi connectivity index (χ0n) is 27.0. The van der Waals surface area contributed by atoms with Gasteiger partial charge in [0.05, 0.1) is 19.4 Å². The quantitative estimate of drug-likeness (QED) is 0.245. The minimum absolute atomic E-state index is 0.133. The molecule has 3 aromatic rings. The number of aliphatic hydroxyl groups excluding tert-OH is 1. The number of anilines is 1. The van der Waals surface area contributed by atoms with E-state index in [1.165, 1.54) is 0 Å². The molecule has 246 valence electrons. The number of aromatic nitrogens is 2. The second kappa shape index (κ2) is 14.7. The number of nitrogens with one attached hydrogen (secondary N) is 1. The number of carbonyl (C=O) groups is 2. The number of pyridine rings is 1. The van der Waals surface area contributed by atoms with Gasteiger partial charge in [-0.05, 0) is 101 Å². The lowest BCUT2D eigenvalue weighted by atomic mass is 9.79. The Hall–Kier alpha value is -3.92. The van der Waals surface area contributed by atoms with Crippen LogP contribution in [-0.2, 0) is 9.53 Å². The molecule has 0 atom stereocenters. The Balaban J connectivity index is 1.15. The maximum atomic E-state index is 14.3. The van der Waals surface area contributed by atoms with Crippen LogP contribution in [-0.4, -0.2) is 60.0 Å². The van der Waals surface area contributed by atoms with E-state index in [1.54, 1.807) is 13.4 Å². The van der Waals surface area contributed by atoms with Crippen molar-refractivity contribution in [3.63, 3.8) is 0 Å². The summed E-state index contributed by atoms with van der Waals surface area (Å²) in [7, 11) is 1.67. The van der Waals surface area contributed by atoms with E-state index in [4.69, 9.17) is 29.0 Å². The predicted octanol–water partition coefficient (Wildman–Crippen LogP) is 6.52. The van der Waals surface area contributed by atoms with Gasteiger partial charge in [0.2, 0.25) is 5.91 Å². The number of carbonyl (C=O) groups excluding carboxylic acids is 2. The van der Waals surface area contributed by atoms with Crippen LogP contribution in [0.3, 0.4) is 0 Å². The summed E-state index contributed by atoms with van der Waals surface area (Å²) in [5.74, 6) is 2.83. The number of ether oxygens (including phenoxy) is 2. The van der Waals surface area contributed by atoms with Crippen LogP contribution in [0.15, 0.2) is 47.1 Å². The number of methoxy groups -OCH3 is 1. The molecule has 10 heteroatoms. The van der Waals surface area contributed by atoms with Gasteiger partial charge in [0.25, 0.3) is 0 Å². The summed E-state index contributed by atoms with van der Waals surface area (Å²) in [6.07, 6.45) is 9.96. The first kappa shape index (κ1) is 32.0. The van der Waals surface area contributed by atoms with Crippen molar-refractivity contribution in [3.05, 3.63) is 59.9 Å². The highest BCUT2D eigenvalue weighted by atomic mass is 16.6. The Bertz CT molecular complexity index is 1490. The average Bonchev–Trinajstić information content (AvgIpc) is 3.82. The van der Waals surface area contributed by atoms with Gasteiger partial charge >= 0.3 is 6.09 Å². The fraction of sp³-hybridized carbons (Fsp3) is 0.556. The Morgan fingerprint density at radius 1 is 0.978 bits per heavy atom. The van der Waals surface area contributed by atoms with E-state index in [9.17, 15) is 9.59 Å². The van der Waals surface area contributed by atoms with Crippen molar-refractivity contribution in [3.8, 4) is 17.0 Å². The molecule has 2 amide bonds. The number of benzene rings is 1. The summed E-state index contributed by atoms with van der Waals surface area (Å²) < 4.78 is 16.7. The van der Waals surface area contributed by atoms with Crippen LogP contribution >= 0.6 is 0 Å². The van der Waals surface area contributed by atoms with Crippen molar-refractivity contribution in [1.29, 1.82) is 0 Å². The monoisotopic (exact) mass is 630 g/mol. The molecule has 0 bridgehead atoms. The van der Waals surface area contributed by atoms with Crippen LogP contribution in [0.1, 0.15) is 93.3 Å². The van der Waals surface area contributed by atoms with E-state index >= 15 is 0 Å². The number of aryl methyl sites for hydroxylation is 1. The smallest absolute Gasteiger partial charge is 0.407 e. The van der Waals surface area contributed by atoms with Crippen molar-refractivity contribution < 1.29 is 28.6 Å². The molecule has 3 fully saturated rings. The molecule has 3 aliphatic rings. The zero-order chi connectivity index (χ0) is 32.0. The van der Waals surface area contributed by atoms with Crippen LogP contribution in [0.2, 0.25) is 0 Å². The standard InChI is InChI=1S/C36H46N4O6/c1-23-33(44-2)17-16-31(38-23)25-8-6-24(7-9-25)21-40(35(42)27-12-14-30(15-13-27)46-36(43)37-18-19-41)29-5-3-4-28(20-29)32-22-45-34(39-32)26-10-11-26/h3-5,16-17,20,22,24-27,30,41H,6-15,18-19,21H2,1-2H3,(H,37,43). The van der Waals surface area contributed by atoms with E-state index < -0.39 is 6.09 Å². The molecule has 10 nitrogen and oxygen atoms in total. The van der Waals surface area contributed by atoms with Crippen LogP contribution in [0.5, 0.6) is 5.75 Å². The molecule has 1 aromatic carbocycles. The zero-order valence-corrected chi connectivity index (χ0v) is 27.0. The number of hydrogen-bond donors (Lipinski definition) is 2. The highest BCUT2D eigenvalue weighted by Gasteiger charge is 2.34. The normalized spacial score (nSPS) is 23.0. The Morgan fingerprint density at radius 3 is 2.43 bits per heavy atom. The minimum atomic E-state index is -0.518. The molecular weight excluding hydrogens is 584 g/mol. The summed E-state index contributed by atoms with van der Waals surface area (Å²) in [6.45, 7) is 2.68. The molecule has 46 heavy (non-hydrogen) atoms. The highest BCUT2D eigenvalue weighted by Crippen LogP contribution is 2.41. The average molecular weight is 631 g/mol. The fourth-order valence-corrected chi connectivity index (χ4v) is 7.00. The lowest BCUT2D eigenvalue weighted by Crippen LogP contribution is -2.42. The third-order valence-electron chi connectivity index (χ3n) is 9.83. The summed E-state index contributed by atoms with van der Waals surface area (Å²) in [4.78, 5) is 37.9. The number of nitrogens with zero attached hydrogens (tertiary/aromatic N) is 3. The topological polar surface area (TPSA) is 127 Å². The van der Waals surface area contributed by atoms with Crippen LogP contribution in [0, 0.1) is 18.8 Å². The lowest BCUT2D eigenvalue weighted by Gasteiger charge is -2.36. The summed E-state index contributed by atoms with van der Waals surface area (Å²) in [6, 6.07) is 12.2. The molecule has 2 aromatic heterocycles. The molecule has 0 radical (unpaired) electrons. The van der Waals surface area contributed by atoms with E-state index in [0.29, 0.717) is 50.0 Å². The van der Waals surface area contributed by atoms with Gasteiger partial charge in [-0.15, -0.1) is 0 Å². The molecule has 3 saturated carbocycles. The summed E-state index contributed by atoms with van der Waals surface area (Å²) in [5.41, 5.74) is 4.67. The minimum Gasteiger partial charge on any atom is -0.495 e. The Kier molecular flexibility index (Phi) is 10.2. The lowest BCUT2D eigenvalue weighted by molar-refractivity contribution is -0.124. The van der Waals surface area contributed by atoms with E-state index in [-0.39, 0.29) is 31.1 Å². The van der Waals surface area contributed by atoms with E-state index in [2.05, 4.69) is 17.4 Å². The first-order valence-corrected chi connectivity index (χ1v) is 16.9. The maximum absolute atomic E-state index is 14.3. The molecule has 0 unspecified atom stereocenters. The largest absolute Gasteiger partial charge is 0.495 e. The second-order valence-corrected chi connectivity index (χ2v) is 13.1. The van der Waals surface area contributed by atoms with Gasteiger partial charge in [-0.25, -0.2) is 9.78 Å². The number of aliphatic hydroxyl groups is 1. The van der Waals surface area contributed by atoms with Gasteiger partial charge in [-0.1, -0.05) is 12.1 Å². The second-order valence-electron chi connectivity index (χ2n) is 13.1. The molecular formula is C36H46N4O6. The van der Waals surface area contributed by atoms with Crippen molar-refractivity contribution in [2.24, 2.45) is 11.8 Å². The van der Waals surface area contributed by atoms with Crippen molar-refractivity contribution in [2.75, 3.05) is 31.7 Å². The number of hydrogen-bond acceptors (Lipinski definition) is 8. The molecule has 3 aliphatic carbocycles. The van der Waals surface area contributed by atoms with Crippen molar-refractivity contribution >= 4 is 17.7 Å². The van der Waals surface area contributed by atoms with Crippen LogP contribution in [0.4, 0.5) is 10.5 Å². The number of oxazole rings is 1. The Morgan fingerprint density at radius 2 is 1.74 bits per heavy atom. The summed E-state index contributed by atoms with van der Waals surface area (Å²) in [5, 5.41) is 11.5. The SMILES string of the molecule is COc1ccc(C2CCC(CN(C(=O)C3CCC(OC(=O)NCCO)CC3)c3cccc(-c4coc(C5CC5)n4)c3)CC2)nc1C. The molecule has 2 heterocycles. The number of rotatable bonds is 11. The van der Waals surface area contributed by atoms with Crippen molar-refractivity contribution in [1.82, 2.24) is 15.3 Å². The molecule has 0 spiro atoms. The van der Waals surface area contributed by atoms with Crippen LogP contribution < -0.4 is 15.0 Å². The third kappa shape index (κ3) is 7.71. The van der Waals surface area contributed by atoms with Gasteiger partial charge in [-0.2, -0.15) is 0 Å². The van der Waals surface area contributed by atoms with Gasteiger partial charge in [0.1, 0.15) is 23.8 Å². The first-order valence-electron chi connectivity index (χ1n) is 16.9. The molecule has 0 aliphatic heterocycles. The van der Waals surface area contributed by atoms with Gasteiger partial charge in [0.15, 0.2) is 5.89 Å². The number of amides is 2. The van der Waals surface area contributed by atoms with Gasteiger partial charge in [0, 0.05) is 47.8 Å². The molecule has 2 N–H and O–H groups in total. The highest BCUT2D eigenvalue weighted by molar-refractivity contribution is 5.95. The third-order valence-corrected chi connectivity index (χ3v) is 9.83. The van der Waals surface area contributed by atoms with Crippen molar-refractivity contribution in [2.45, 2.75) is 89.1 Å². The first-order chi connectivity index (χ1) is 22.4. The maximum Gasteiger partial charge on any atom is 0.407 e. The Labute approximate surface area is 270 Å². The van der Waals surface area contributed by atoms with Crippen LogP contribution in [0.25, 0.3) is 11.3 Å². The summed E-state index contributed by atoms with van der Waals surface area (Å²) >= 11 is 0.